The molecule has 0 spiro atoms. The molecule has 2 aromatic rings. The maximum Gasteiger partial charge on any atom is 0.268 e. The number of halogens is 1. The Morgan fingerprint density at radius 3 is 2.81 bits per heavy atom. The minimum atomic E-state index is -2.03. The summed E-state index contributed by atoms with van der Waals surface area (Å²) in [5.74, 6) is -1.73. The third-order valence-electron chi connectivity index (χ3n) is 2.96. The lowest BCUT2D eigenvalue weighted by molar-refractivity contribution is -0.114. The van der Waals surface area contributed by atoms with E-state index in [0.29, 0.717) is 0 Å². The Morgan fingerprint density at radius 1 is 1.38 bits per heavy atom. The van der Waals surface area contributed by atoms with Crippen molar-refractivity contribution >= 4 is 35.0 Å². The first kappa shape index (κ1) is 19.7. The number of aromatic nitrogens is 2. The van der Waals surface area contributed by atoms with E-state index in [0.717, 1.165) is 6.26 Å². The van der Waals surface area contributed by atoms with Gasteiger partial charge in [0.25, 0.3) is 17.2 Å². The van der Waals surface area contributed by atoms with Crippen molar-refractivity contribution in [2.24, 2.45) is 0 Å². The number of para-hydroxylation sites is 1. The van der Waals surface area contributed by atoms with Crippen molar-refractivity contribution in [1.82, 2.24) is 14.7 Å². The number of aromatic amines is 1. The van der Waals surface area contributed by atoms with Crippen LogP contribution >= 0.6 is 12.2 Å². The highest BCUT2D eigenvalue weighted by atomic mass is 32.2. The van der Waals surface area contributed by atoms with E-state index in [1.807, 2.05) is 0 Å². The van der Waals surface area contributed by atoms with Gasteiger partial charge in [-0.2, -0.15) is 4.39 Å². The van der Waals surface area contributed by atoms with Crippen LogP contribution < -0.4 is 9.46 Å². The number of hydrogen-bond acceptors (Lipinski definition) is 7. The van der Waals surface area contributed by atoms with Crippen LogP contribution in [0.5, 0.6) is 11.6 Å². The van der Waals surface area contributed by atoms with Crippen molar-refractivity contribution in [3.05, 3.63) is 52.9 Å². The van der Waals surface area contributed by atoms with Crippen LogP contribution in [0.25, 0.3) is 5.57 Å². The zero-order valence-electron chi connectivity index (χ0n) is 13.6. The molecular weight excluding hydrogens is 385 g/mol. The largest absolute Gasteiger partial charge is 0.504 e. The van der Waals surface area contributed by atoms with E-state index < -0.39 is 23.0 Å². The first-order valence-electron chi connectivity index (χ1n) is 6.98. The molecule has 2 N–H and O–H groups in total. The second kappa shape index (κ2) is 9.17. The van der Waals surface area contributed by atoms with Crippen molar-refractivity contribution in [2.75, 3.05) is 14.2 Å². The van der Waals surface area contributed by atoms with E-state index in [2.05, 4.69) is 18.9 Å². The molecule has 1 aromatic heterocycles. The van der Waals surface area contributed by atoms with E-state index in [1.54, 1.807) is 18.2 Å². The lowest BCUT2D eigenvalue weighted by atomic mass is 10.1. The average molecular weight is 399 g/mol. The molecule has 1 heterocycles. The van der Waals surface area contributed by atoms with Crippen LogP contribution in [0.15, 0.2) is 36.9 Å². The zero-order chi connectivity index (χ0) is 19.1. The lowest BCUT2D eigenvalue weighted by Crippen LogP contribution is -2.27. The first-order chi connectivity index (χ1) is 12.5. The Balaban J connectivity index is 2.44. The molecule has 138 valence electrons. The minimum absolute atomic E-state index is 0.0124. The molecule has 2 rings (SSSR count). The lowest BCUT2D eigenvalue weighted by Gasteiger charge is -2.13. The molecule has 0 aliphatic rings. The molecule has 1 atom stereocenters. The summed E-state index contributed by atoms with van der Waals surface area (Å²) >= 11 is 2.72. The first-order valence-corrected chi connectivity index (χ1v) is 8.46. The number of ether oxygens (including phenoxy) is 2. The van der Waals surface area contributed by atoms with E-state index in [9.17, 15) is 13.4 Å². The fourth-order valence-corrected chi connectivity index (χ4v) is 2.35. The fraction of sp³-hybridized carbons (Fsp3) is 0.133. The summed E-state index contributed by atoms with van der Waals surface area (Å²) in [6.45, 7) is 0. The van der Waals surface area contributed by atoms with E-state index in [-0.39, 0.29) is 27.4 Å². The highest BCUT2D eigenvalue weighted by Gasteiger charge is 2.20. The van der Waals surface area contributed by atoms with Gasteiger partial charge in [-0.15, -0.1) is 0 Å². The van der Waals surface area contributed by atoms with Crippen LogP contribution in [0.2, 0.25) is 0 Å². The predicted octanol–water partition coefficient (Wildman–Crippen LogP) is 2.40. The van der Waals surface area contributed by atoms with Crippen molar-refractivity contribution in [1.29, 1.82) is 0 Å². The topological polar surface area (TPSA) is 103 Å². The number of hydrogen-bond donors (Lipinski definition) is 2. The van der Waals surface area contributed by atoms with E-state index in [4.69, 9.17) is 21.7 Å². The maximum absolute atomic E-state index is 14.0. The number of amides is 1. The highest BCUT2D eigenvalue weighted by Crippen LogP contribution is 2.30. The van der Waals surface area contributed by atoms with Crippen LogP contribution in [0.3, 0.4) is 0 Å². The summed E-state index contributed by atoms with van der Waals surface area (Å²) in [4.78, 5) is 18.4. The molecule has 26 heavy (non-hydrogen) atoms. The standard InChI is InChI=1S/C15H14FN3O5S2/c1-22-7-10(13(20)19-26(21)23-2)9-5-3-4-6-11(9)24-14-12(16)15(25)18-8-17-14/h3-8H,1-2H3,(H,19,20)(H,17,18,25)/b10-7+. The van der Waals surface area contributed by atoms with Gasteiger partial charge in [-0.3, -0.25) is 8.98 Å². The molecule has 0 saturated heterocycles. The minimum Gasteiger partial charge on any atom is -0.504 e. The van der Waals surface area contributed by atoms with Crippen LogP contribution in [-0.2, 0) is 25.0 Å². The average Bonchev–Trinajstić information content (AvgIpc) is 2.64. The Labute approximate surface area is 155 Å². The molecule has 0 fully saturated rings. The van der Waals surface area contributed by atoms with Crippen molar-refractivity contribution in [3.63, 3.8) is 0 Å². The molecule has 1 unspecified atom stereocenters. The van der Waals surface area contributed by atoms with Gasteiger partial charge in [0.05, 0.1) is 32.4 Å². The Hall–Kier alpha value is -2.63. The zero-order valence-corrected chi connectivity index (χ0v) is 15.3. The quantitative estimate of drug-likeness (QED) is 0.419. The molecular formula is C15H14FN3O5S2. The van der Waals surface area contributed by atoms with Crippen LogP contribution in [-0.4, -0.2) is 34.3 Å². The number of rotatable bonds is 7. The van der Waals surface area contributed by atoms with Gasteiger partial charge in [-0.25, -0.2) is 13.9 Å². The van der Waals surface area contributed by atoms with Gasteiger partial charge in [0.1, 0.15) is 5.75 Å². The predicted molar refractivity (Wildman–Crippen MR) is 94.2 cm³/mol. The van der Waals surface area contributed by atoms with Gasteiger partial charge in [0, 0.05) is 5.56 Å². The number of carbonyl (C=O) groups excluding carboxylic acids is 1. The summed E-state index contributed by atoms with van der Waals surface area (Å²) in [6.07, 6.45) is 2.32. The van der Waals surface area contributed by atoms with Gasteiger partial charge in [0.15, 0.2) is 4.64 Å². The van der Waals surface area contributed by atoms with E-state index >= 15 is 0 Å². The van der Waals surface area contributed by atoms with Crippen LogP contribution in [0.1, 0.15) is 5.56 Å². The molecule has 0 aliphatic carbocycles. The number of H-pyrrole nitrogens is 1. The van der Waals surface area contributed by atoms with Crippen molar-refractivity contribution < 1.29 is 27.1 Å². The van der Waals surface area contributed by atoms with Gasteiger partial charge in [-0.1, -0.05) is 30.4 Å². The highest BCUT2D eigenvalue weighted by molar-refractivity contribution is 7.78. The fourth-order valence-electron chi connectivity index (χ4n) is 1.86. The third kappa shape index (κ3) is 4.71. The number of methoxy groups -OCH3 is 1. The molecule has 1 aromatic carbocycles. The number of nitrogens with zero attached hydrogens (tertiary/aromatic N) is 1. The normalized spacial score (nSPS) is 12.3. The molecule has 1 amide bonds. The van der Waals surface area contributed by atoms with Gasteiger partial charge in [-0.05, 0) is 6.07 Å². The van der Waals surface area contributed by atoms with Crippen molar-refractivity contribution in [3.8, 4) is 11.6 Å². The molecule has 0 aliphatic heterocycles. The van der Waals surface area contributed by atoms with Crippen LogP contribution in [0.4, 0.5) is 4.39 Å². The molecule has 0 radical (unpaired) electrons. The number of nitrogens with one attached hydrogen (secondary N) is 2. The number of benzene rings is 1. The Morgan fingerprint density at radius 2 is 2.12 bits per heavy atom. The van der Waals surface area contributed by atoms with Crippen molar-refractivity contribution in [2.45, 2.75) is 0 Å². The second-order valence-electron chi connectivity index (χ2n) is 4.55. The van der Waals surface area contributed by atoms with Crippen LogP contribution in [0, 0.1) is 10.5 Å². The summed E-state index contributed by atoms with van der Waals surface area (Å²) in [5.41, 5.74) is 0.247. The SMILES string of the molecule is CO/C=C(/C(=O)NS(=O)OC)c1ccccc1Oc1[nH]cnc(=S)c1F. The Kier molecular flexibility index (Phi) is 6.95. The Bertz CT molecular complexity index is 916. The molecule has 11 heteroatoms. The third-order valence-corrected chi connectivity index (χ3v) is 3.90. The monoisotopic (exact) mass is 399 g/mol. The molecule has 8 nitrogen and oxygen atoms in total. The van der Waals surface area contributed by atoms with E-state index in [1.165, 1.54) is 26.6 Å². The smallest absolute Gasteiger partial charge is 0.268 e. The van der Waals surface area contributed by atoms with Gasteiger partial charge >= 0.3 is 0 Å². The molecule has 0 bridgehead atoms. The van der Waals surface area contributed by atoms with Gasteiger partial charge in [0.2, 0.25) is 11.7 Å². The second-order valence-corrected chi connectivity index (χ2v) is 5.94. The summed E-state index contributed by atoms with van der Waals surface area (Å²) in [7, 11) is 2.51. The summed E-state index contributed by atoms with van der Waals surface area (Å²) in [5, 5.41) is 0. The maximum atomic E-state index is 14.0. The number of carbonyl (C=O) groups is 1. The molecule has 0 saturated carbocycles. The van der Waals surface area contributed by atoms with Gasteiger partial charge < -0.3 is 14.5 Å². The summed E-state index contributed by atoms with van der Waals surface area (Å²) in [6, 6.07) is 6.32. The summed E-state index contributed by atoms with van der Waals surface area (Å²) < 4.78 is 42.2.